The van der Waals surface area contributed by atoms with Crippen molar-refractivity contribution >= 4 is 35.0 Å². The van der Waals surface area contributed by atoms with Gasteiger partial charge < -0.3 is 9.64 Å². The molecule has 3 amide bonds. The van der Waals surface area contributed by atoms with E-state index in [1.54, 1.807) is 11.0 Å². The van der Waals surface area contributed by atoms with Crippen LogP contribution in [0.15, 0.2) is 30.3 Å². The molecule has 6 rings (SSSR count). The molecule has 0 aliphatic carbocycles. The van der Waals surface area contributed by atoms with E-state index >= 15 is 0 Å². The monoisotopic (exact) mass is 504 g/mol. The fourth-order valence-corrected chi connectivity index (χ4v) is 6.28. The summed E-state index contributed by atoms with van der Waals surface area (Å²) in [6.07, 6.45) is 2.47. The van der Waals surface area contributed by atoms with Crippen molar-refractivity contribution in [3.05, 3.63) is 69.0 Å². The Hall–Kier alpha value is -3.41. The van der Waals surface area contributed by atoms with Gasteiger partial charge in [-0.2, -0.15) is 0 Å². The predicted molar refractivity (Wildman–Crippen MR) is 132 cm³/mol. The molecule has 1 atom stereocenters. The highest BCUT2D eigenvalue weighted by atomic mass is 35.5. The average molecular weight is 505 g/mol. The van der Waals surface area contributed by atoms with Crippen molar-refractivity contribution in [1.82, 2.24) is 15.1 Å². The van der Waals surface area contributed by atoms with E-state index in [0.717, 1.165) is 54.9 Å². The Balaban J connectivity index is 1.18. The lowest BCUT2D eigenvalue weighted by molar-refractivity contribution is -0.136. The molecule has 0 bridgehead atoms. The zero-order valence-electron chi connectivity index (χ0n) is 19.7. The maximum absolute atomic E-state index is 13.1. The standard InChI is InChI=1S/C27H25ClN4O4/c1-29-21-5-2-16(12-20(21)28)13-31-10-8-27(9-11-31)15-36-24-18-14-32(22-6-7-23(33)30-25(22)34)26(35)17(18)3-4-19(24)27/h2-5,12,22H,6-11,13-15H2,(H,30,33,34). The Kier molecular flexibility index (Phi) is 5.51. The molecule has 9 heteroatoms. The van der Waals surface area contributed by atoms with E-state index in [9.17, 15) is 14.4 Å². The van der Waals surface area contributed by atoms with E-state index in [2.05, 4.69) is 15.1 Å². The van der Waals surface area contributed by atoms with E-state index < -0.39 is 11.9 Å². The fourth-order valence-electron chi connectivity index (χ4n) is 6.03. The van der Waals surface area contributed by atoms with E-state index in [1.165, 1.54) is 0 Å². The Morgan fingerprint density at radius 1 is 1.17 bits per heavy atom. The van der Waals surface area contributed by atoms with Crippen molar-refractivity contribution in [3.63, 3.8) is 0 Å². The van der Waals surface area contributed by atoms with Gasteiger partial charge in [0.25, 0.3) is 5.91 Å². The van der Waals surface area contributed by atoms with Crippen LogP contribution >= 0.6 is 11.6 Å². The summed E-state index contributed by atoms with van der Waals surface area (Å²) in [6.45, 7) is 10.7. The van der Waals surface area contributed by atoms with Crippen LogP contribution in [0, 0.1) is 6.57 Å². The summed E-state index contributed by atoms with van der Waals surface area (Å²) in [5.74, 6) is -0.0737. The van der Waals surface area contributed by atoms with Crippen LogP contribution in [0.5, 0.6) is 5.75 Å². The molecule has 184 valence electrons. The van der Waals surface area contributed by atoms with Crippen LogP contribution in [0.4, 0.5) is 5.69 Å². The van der Waals surface area contributed by atoms with Crippen LogP contribution in [0.3, 0.4) is 0 Å². The Bertz CT molecular complexity index is 1340. The lowest BCUT2D eigenvalue weighted by Crippen LogP contribution is -2.52. The third-order valence-electron chi connectivity index (χ3n) is 8.08. The van der Waals surface area contributed by atoms with Gasteiger partial charge in [0, 0.05) is 40.1 Å². The van der Waals surface area contributed by atoms with Crippen LogP contribution in [-0.2, 0) is 28.1 Å². The first-order chi connectivity index (χ1) is 17.4. The number of imide groups is 1. The van der Waals surface area contributed by atoms with Crippen LogP contribution in [0.25, 0.3) is 4.85 Å². The molecule has 0 radical (unpaired) electrons. The zero-order valence-corrected chi connectivity index (χ0v) is 20.4. The molecular weight excluding hydrogens is 480 g/mol. The minimum Gasteiger partial charge on any atom is -0.492 e. The summed E-state index contributed by atoms with van der Waals surface area (Å²) in [7, 11) is 0. The second-order valence-corrected chi connectivity index (χ2v) is 10.5. The first-order valence-electron chi connectivity index (χ1n) is 12.2. The quantitative estimate of drug-likeness (QED) is 0.510. The second kappa shape index (κ2) is 8.61. The maximum Gasteiger partial charge on any atom is 0.255 e. The fraction of sp³-hybridized carbons (Fsp3) is 0.407. The highest BCUT2D eigenvalue weighted by Crippen LogP contribution is 2.49. The summed E-state index contributed by atoms with van der Waals surface area (Å²) in [5, 5.41) is 2.84. The molecule has 2 aromatic rings. The number of hydrogen-bond acceptors (Lipinski definition) is 5. The minimum atomic E-state index is -0.630. The summed E-state index contributed by atoms with van der Waals surface area (Å²) < 4.78 is 6.26. The Morgan fingerprint density at radius 3 is 2.69 bits per heavy atom. The molecule has 2 aromatic carbocycles. The molecule has 0 aromatic heterocycles. The predicted octanol–water partition coefficient (Wildman–Crippen LogP) is 3.58. The molecule has 4 heterocycles. The lowest BCUT2D eigenvalue weighted by Gasteiger charge is -2.38. The molecule has 4 aliphatic rings. The molecule has 4 aliphatic heterocycles. The lowest BCUT2D eigenvalue weighted by atomic mass is 9.74. The Morgan fingerprint density at radius 2 is 1.97 bits per heavy atom. The number of carbonyl (C=O) groups excluding carboxylic acids is 3. The molecule has 1 unspecified atom stereocenters. The van der Waals surface area contributed by atoms with Gasteiger partial charge >= 0.3 is 0 Å². The molecule has 36 heavy (non-hydrogen) atoms. The highest BCUT2D eigenvalue weighted by Gasteiger charge is 2.47. The van der Waals surface area contributed by atoms with Crippen molar-refractivity contribution in [3.8, 4) is 5.75 Å². The van der Waals surface area contributed by atoms with Crippen molar-refractivity contribution in [2.24, 2.45) is 0 Å². The number of nitrogens with one attached hydrogen (secondary N) is 1. The van der Waals surface area contributed by atoms with Crippen molar-refractivity contribution in [1.29, 1.82) is 0 Å². The third-order valence-corrected chi connectivity index (χ3v) is 8.39. The van der Waals surface area contributed by atoms with Crippen LogP contribution in [-0.4, -0.2) is 53.3 Å². The van der Waals surface area contributed by atoms with Gasteiger partial charge in [-0.15, -0.1) is 0 Å². The number of ether oxygens (including phenoxy) is 1. The third kappa shape index (κ3) is 3.66. The van der Waals surface area contributed by atoms with Gasteiger partial charge in [0.05, 0.1) is 19.7 Å². The molecule has 1 spiro atoms. The molecule has 1 N–H and O–H groups in total. The molecule has 8 nitrogen and oxygen atoms in total. The number of fused-ring (bicyclic) bond motifs is 4. The second-order valence-electron chi connectivity index (χ2n) is 10.1. The average Bonchev–Trinajstić information content (AvgIpc) is 3.39. The maximum atomic E-state index is 13.1. The molecule has 2 saturated heterocycles. The zero-order chi connectivity index (χ0) is 25.0. The van der Waals surface area contributed by atoms with Gasteiger partial charge in [0.2, 0.25) is 17.5 Å². The number of nitrogens with zero attached hydrogens (tertiary/aromatic N) is 3. The van der Waals surface area contributed by atoms with E-state index in [-0.39, 0.29) is 23.7 Å². The van der Waals surface area contributed by atoms with Crippen molar-refractivity contribution < 1.29 is 19.1 Å². The number of amides is 3. The highest BCUT2D eigenvalue weighted by molar-refractivity contribution is 6.33. The van der Waals surface area contributed by atoms with Crippen LogP contribution in [0.1, 0.15) is 52.7 Å². The van der Waals surface area contributed by atoms with Crippen molar-refractivity contribution in [2.75, 3.05) is 19.7 Å². The Labute approximate surface area is 214 Å². The van der Waals surface area contributed by atoms with E-state index in [4.69, 9.17) is 22.9 Å². The van der Waals surface area contributed by atoms with Gasteiger partial charge in [-0.25, -0.2) is 4.85 Å². The molecular formula is C27H25ClN4O4. The van der Waals surface area contributed by atoms with Gasteiger partial charge in [0.15, 0.2) is 0 Å². The summed E-state index contributed by atoms with van der Waals surface area (Å²) in [6, 6.07) is 8.90. The summed E-state index contributed by atoms with van der Waals surface area (Å²) >= 11 is 6.22. The van der Waals surface area contributed by atoms with Crippen molar-refractivity contribution in [2.45, 2.75) is 50.2 Å². The number of carbonyl (C=O) groups is 3. The van der Waals surface area contributed by atoms with Gasteiger partial charge in [-0.1, -0.05) is 29.8 Å². The van der Waals surface area contributed by atoms with E-state index in [0.29, 0.717) is 35.8 Å². The van der Waals surface area contributed by atoms with E-state index in [1.807, 2.05) is 24.3 Å². The van der Waals surface area contributed by atoms with Gasteiger partial charge in [0.1, 0.15) is 11.8 Å². The normalized spacial score (nSPS) is 22.7. The van der Waals surface area contributed by atoms with Gasteiger partial charge in [-0.3, -0.25) is 24.6 Å². The van der Waals surface area contributed by atoms with Gasteiger partial charge in [-0.05, 0) is 50.0 Å². The number of hydrogen-bond donors (Lipinski definition) is 1. The number of piperidine rings is 2. The number of rotatable bonds is 3. The number of likely N-dealkylation sites (tertiary alicyclic amines) is 1. The summed E-state index contributed by atoms with van der Waals surface area (Å²) in [4.78, 5) is 44.5. The largest absolute Gasteiger partial charge is 0.492 e. The number of halogens is 1. The minimum absolute atomic E-state index is 0.0857. The summed E-state index contributed by atoms with van der Waals surface area (Å²) in [5.41, 5.74) is 4.08. The SMILES string of the molecule is [C-]#[N+]c1ccc(CN2CCC3(CC2)COc2c3ccc3c2CN(C2CCC(=O)NC2=O)C3=O)cc1Cl. The first kappa shape index (κ1) is 23.0. The van der Waals surface area contributed by atoms with Crippen LogP contribution < -0.4 is 10.1 Å². The molecule has 0 saturated carbocycles. The first-order valence-corrected chi connectivity index (χ1v) is 12.6. The van der Waals surface area contributed by atoms with Crippen LogP contribution in [0.2, 0.25) is 5.02 Å². The molecule has 2 fully saturated rings. The topological polar surface area (TPSA) is 83.3 Å². The smallest absolute Gasteiger partial charge is 0.255 e. The number of benzene rings is 2.